The molecule has 56 valence electrons. The average molecular weight is 158 g/mol. The van der Waals surface area contributed by atoms with Gasteiger partial charge < -0.3 is 11.1 Å². The van der Waals surface area contributed by atoms with Gasteiger partial charge in [-0.15, -0.1) is 0 Å². The van der Waals surface area contributed by atoms with Gasteiger partial charge in [-0.2, -0.15) is 0 Å². The van der Waals surface area contributed by atoms with E-state index in [1.807, 2.05) is 0 Å². The van der Waals surface area contributed by atoms with Crippen LogP contribution in [0, 0.1) is 0 Å². The second-order valence-corrected chi connectivity index (χ2v) is 2.36. The molecule has 10 heavy (non-hydrogen) atoms. The largest absolute Gasteiger partial charge is 0.364 e. The summed E-state index contributed by atoms with van der Waals surface area (Å²) in [5, 5.41) is 2.65. The molecule has 0 unspecified atom stereocenters. The fraction of sp³-hybridized carbons (Fsp3) is 0.333. The highest BCUT2D eigenvalue weighted by Gasteiger charge is 2.00. The van der Waals surface area contributed by atoms with Crippen LogP contribution in [0.3, 0.4) is 0 Å². The van der Waals surface area contributed by atoms with Crippen LogP contribution in [0.2, 0.25) is 0 Å². The van der Waals surface area contributed by atoms with E-state index in [2.05, 4.69) is 5.32 Å². The van der Waals surface area contributed by atoms with Crippen LogP contribution in [-0.4, -0.2) is 10.9 Å². The number of carbonyl (C=O) groups is 1. The lowest BCUT2D eigenvalue weighted by Gasteiger charge is -2.02. The van der Waals surface area contributed by atoms with Gasteiger partial charge in [0, 0.05) is 0 Å². The Morgan fingerprint density at radius 2 is 2.20 bits per heavy atom. The van der Waals surface area contributed by atoms with Gasteiger partial charge in [0.05, 0.1) is 4.99 Å². The summed E-state index contributed by atoms with van der Waals surface area (Å²) in [4.78, 5) is 11.0. The number of thiocarbonyl (C=S) groups is 1. The van der Waals surface area contributed by atoms with Gasteiger partial charge in [-0.05, 0) is 13.8 Å². The monoisotopic (exact) mass is 158 g/mol. The fourth-order valence-electron chi connectivity index (χ4n) is 0.466. The van der Waals surface area contributed by atoms with Gasteiger partial charge in [-0.1, -0.05) is 18.3 Å². The van der Waals surface area contributed by atoms with Crippen LogP contribution < -0.4 is 11.1 Å². The number of nitrogens with one attached hydrogen (secondary N) is 1. The van der Waals surface area contributed by atoms with E-state index in [4.69, 9.17) is 18.0 Å². The summed E-state index contributed by atoms with van der Waals surface area (Å²) in [5.41, 5.74) is 5.31. The highest BCUT2D eigenvalue weighted by atomic mass is 32.1. The third-order valence-corrected chi connectivity index (χ3v) is 0.967. The molecule has 0 aromatic heterocycles. The first kappa shape index (κ1) is 9.10. The molecule has 0 aromatic carbocycles. The minimum absolute atomic E-state index is 0.340. The van der Waals surface area contributed by atoms with Gasteiger partial charge in [0.1, 0.15) is 5.70 Å². The van der Waals surface area contributed by atoms with Gasteiger partial charge in [0.25, 0.3) is 5.91 Å². The highest BCUT2D eigenvalue weighted by molar-refractivity contribution is 7.80. The molecule has 0 rings (SSSR count). The minimum Gasteiger partial charge on any atom is -0.364 e. The lowest BCUT2D eigenvalue weighted by molar-refractivity contribution is -0.114. The molecular formula is C6H10N2OS. The van der Waals surface area contributed by atoms with Crippen molar-refractivity contribution in [1.82, 2.24) is 5.32 Å². The van der Waals surface area contributed by atoms with E-state index in [9.17, 15) is 4.79 Å². The van der Waals surface area contributed by atoms with Crippen molar-refractivity contribution in [2.45, 2.75) is 13.8 Å². The van der Waals surface area contributed by atoms with Crippen LogP contribution in [0.15, 0.2) is 11.8 Å². The van der Waals surface area contributed by atoms with Crippen molar-refractivity contribution in [3.05, 3.63) is 11.8 Å². The zero-order valence-electron chi connectivity index (χ0n) is 5.97. The molecule has 0 aliphatic carbocycles. The Bertz CT molecular complexity index is 186. The smallest absolute Gasteiger partial charge is 0.264 e. The zero-order valence-corrected chi connectivity index (χ0v) is 6.79. The molecule has 0 bridgehead atoms. The summed E-state index contributed by atoms with van der Waals surface area (Å²) < 4.78 is 0. The van der Waals surface area contributed by atoms with Crippen molar-refractivity contribution in [1.29, 1.82) is 0 Å². The summed E-state index contributed by atoms with van der Waals surface area (Å²) in [6.45, 7) is 3.40. The molecule has 0 saturated carbocycles. The van der Waals surface area contributed by atoms with E-state index >= 15 is 0 Å². The molecule has 0 saturated heterocycles. The Labute approximate surface area is 65.3 Å². The molecular weight excluding hydrogens is 148 g/mol. The van der Waals surface area contributed by atoms with Gasteiger partial charge in [0.2, 0.25) is 0 Å². The molecule has 3 N–H and O–H groups in total. The third kappa shape index (κ3) is 3.19. The molecule has 0 atom stereocenters. The first-order chi connectivity index (χ1) is 4.57. The van der Waals surface area contributed by atoms with E-state index in [1.54, 1.807) is 19.9 Å². The number of nitrogens with two attached hydrogens (primary N) is 1. The lowest BCUT2D eigenvalue weighted by atomic mass is 10.4. The zero-order chi connectivity index (χ0) is 8.15. The number of rotatable bonds is 2. The van der Waals surface area contributed by atoms with Gasteiger partial charge in [-0.25, -0.2) is 0 Å². The van der Waals surface area contributed by atoms with Crippen LogP contribution in [0.1, 0.15) is 13.8 Å². The van der Waals surface area contributed by atoms with Crippen LogP contribution in [0.5, 0.6) is 0 Å². The predicted molar refractivity (Wildman–Crippen MR) is 44.4 cm³/mol. The number of carbonyl (C=O) groups excluding carboxylic acids is 1. The Balaban J connectivity index is 4.12. The van der Waals surface area contributed by atoms with Crippen molar-refractivity contribution in [3.8, 4) is 0 Å². The number of amides is 1. The van der Waals surface area contributed by atoms with E-state index in [-0.39, 0.29) is 0 Å². The summed E-state index contributed by atoms with van der Waals surface area (Å²) in [5.74, 6) is -0.494. The second kappa shape index (κ2) is 4.00. The lowest BCUT2D eigenvalue weighted by Crippen LogP contribution is -2.28. The standard InChI is InChI=1S/C6H10N2OS/c1-3-5(6(7)9)8-4(2)10/h3H,1-2H3,(H2,7,9)(H,8,10)/b5-3-. The van der Waals surface area contributed by atoms with Crippen molar-refractivity contribution >= 4 is 23.1 Å². The molecule has 1 amide bonds. The molecule has 4 heteroatoms. The maximum Gasteiger partial charge on any atom is 0.264 e. The molecule has 0 aliphatic rings. The van der Waals surface area contributed by atoms with Crippen molar-refractivity contribution in [2.24, 2.45) is 5.73 Å². The summed E-state index contributed by atoms with van der Waals surface area (Å²) >= 11 is 4.70. The Kier molecular flexibility index (Phi) is 3.64. The highest BCUT2D eigenvalue weighted by Crippen LogP contribution is 1.86. The quantitative estimate of drug-likeness (QED) is 0.449. The van der Waals surface area contributed by atoms with Gasteiger partial charge in [-0.3, -0.25) is 4.79 Å². The van der Waals surface area contributed by atoms with E-state index in [1.165, 1.54) is 0 Å². The van der Waals surface area contributed by atoms with Crippen molar-refractivity contribution in [3.63, 3.8) is 0 Å². The van der Waals surface area contributed by atoms with Crippen molar-refractivity contribution in [2.75, 3.05) is 0 Å². The van der Waals surface area contributed by atoms with Crippen LogP contribution in [0.25, 0.3) is 0 Å². The number of primary amides is 1. The Morgan fingerprint density at radius 1 is 1.70 bits per heavy atom. The average Bonchev–Trinajstić information content (AvgIpc) is 1.81. The molecule has 0 fully saturated rings. The van der Waals surface area contributed by atoms with E-state index in [0.29, 0.717) is 10.7 Å². The molecule has 0 heterocycles. The minimum atomic E-state index is -0.494. The Hall–Kier alpha value is -0.900. The third-order valence-electron chi connectivity index (χ3n) is 0.865. The maximum atomic E-state index is 10.5. The van der Waals surface area contributed by atoms with Crippen LogP contribution in [0.4, 0.5) is 0 Å². The maximum absolute atomic E-state index is 10.5. The normalized spacial score (nSPS) is 10.8. The number of allylic oxidation sites excluding steroid dienone is 1. The summed E-state index contributed by atoms with van der Waals surface area (Å²) in [7, 11) is 0. The van der Waals surface area contributed by atoms with E-state index < -0.39 is 5.91 Å². The number of hydrogen-bond acceptors (Lipinski definition) is 2. The van der Waals surface area contributed by atoms with Crippen LogP contribution in [-0.2, 0) is 4.79 Å². The van der Waals surface area contributed by atoms with Gasteiger partial charge in [0.15, 0.2) is 0 Å². The number of hydrogen-bond donors (Lipinski definition) is 2. The summed E-state index contributed by atoms with van der Waals surface area (Å²) in [6.07, 6.45) is 1.58. The topological polar surface area (TPSA) is 55.1 Å². The molecule has 0 aliphatic heterocycles. The Morgan fingerprint density at radius 3 is 2.30 bits per heavy atom. The second-order valence-electron chi connectivity index (χ2n) is 1.75. The fourth-order valence-corrected chi connectivity index (χ4v) is 0.576. The predicted octanol–water partition coefficient (Wildman–Crippen LogP) is 0.312. The van der Waals surface area contributed by atoms with Gasteiger partial charge >= 0.3 is 0 Å². The molecule has 0 aromatic rings. The molecule has 0 spiro atoms. The molecule has 3 nitrogen and oxygen atoms in total. The first-order valence-corrected chi connectivity index (χ1v) is 3.22. The first-order valence-electron chi connectivity index (χ1n) is 2.81. The van der Waals surface area contributed by atoms with E-state index in [0.717, 1.165) is 0 Å². The molecule has 0 radical (unpaired) electrons. The summed E-state index contributed by atoms with van der Waals surface area (Å²) in [6, 6.07) is 0. The SMILES string of the molecule is C/C=C(\NC(C)=S)C(N)=O. The van der Waals surface area contributed by atoms with Crippen molar-refractivity contribution < 1.29 is 4.79 Å². The van der Waals surface area contributed by atoms with Crippen LogP contribution >= 0.6 is 12.2 Å².